The van der Waals surface area contributed by atoms with Gasteiger partial charge in [-0.3, -0.25) is 9.48 Å². The van der Waals surface area contributed by atoms with Crippen LogP contribution in [0.3, 0.4) is 0 Å². The minimum absolute atomic E-state index is 0.185. The van der Waals surface area contributed by atoms with Crippen LogP contribution in [0.25, 0.3) is 0 Å². The first-order chi connectivity index (χ1) is 10.8. The van der Waals surface area contributed by atoms with Crippen LogP contribution in [0.4, 0.5) is 0 Å². The molecule has 1 atom stereocenters. The highest BCUT2D eigenvalue weighted by Gasteiger charge is 2.30. The molecule has 1 amide bonds. The van der Waals surface area contributed by atoms with Crippen LogP contribution in [0.1, 0.15) is 40.7 Å². The first-order valence-corrected chi connectivity index (χ1v) is 8.21. The third-order valence-corrected chi connectivity index (χ3v) is 4.94. The molecule has 2 heterocycles. The van der Waals surface area contributed by atoms with E-state index < -0.39 is 0 Å². The van der Waals surface area contributed by atoms with E-state index in [4.69, 9.17) is 0 Å². The minimum Gasteiger partial charge on any atom is -0.334 e. The number of aryl methyl sites for hydroxylation is 2. The molecule has 1 saturated heterocycles. The van der Waals surface area contributed by atoms with Gasteiger partial charge in [-0.25, -0.2) is 0 Å². The maximum atomic E-state index is 12.9. The molecule has 1 fully saturated rings. The number of hydrogen-bond acceptors (Lipinski definition) is 2. The standard InChI is InChI=1S/C18H21N3O/c22-18(16-8-7-14-4-1-5-15(14)12-16)21-11-2-6-17(21)13-20-10-3-9-19-20/h3,7-10,12,17H,1-2,4-6,11,13H2/t17-/m0/s1. The van der Waals surface area contributed by atoms with E-state index in [1.165, 1.54) is 17.5 Å². The van der Waals surface area contributed by atoms with E-state index in [2.05, 4.69) is 17.2 Å². The first-order valence-electron chi connectivity index (χ1n) is 8.21. The molecule has 0 saturated carbocycles. The van der Waals surface area contributed by atoms with Crippen LogP contribution in [0.15, 0.2) is 36.7 Å². The van der Waals surface area contributed by atoms with Gasteiger partial charge in [0, 0.05) is 24.5 Å². The van der Waals surface area contributed by atoms with Crippen molar-refractivity contribution in [2.24, 2.45) is 0 Å². The molecule has 4 nitrogen and oxygen atoms in total. The summed E-state index contributed by atoms with van der Waals surface area (Å²) in [6.45, 7) is 1.66. The van der Waals surface area contributed by atoms with Gasteiger partial charge in [0.25, 0.3) is 5.91 Å². The Morgan fingerprint density at radius 3 is 3.00 bits per heavy atom. The van der Waals surface area contributed by atoms with Crippen molar-refractivity contribution < 1.29 is 4.79 Å². The maximum absolute atomic E-state index is 12.9. The van der Waals surface area contributed by atoms with Crippen LogP contribution in [-0.4, -0.2) is 33.2 Å². The number of nitrogens with zero attached hydrogens (tertiary/aromatic N) is 3. The van der Waals surface area contributed by atoms with Crippen molar-refractivity contribution in [3.8, 4) is 0 Å². The smallest absolute Gasteiger partial charge is 0.254 e. The molecule has 0 unspecified atom stereocenters. The molecule has 4 rings (SSSR count). The second kappa shape index (κ2) is 5.59. The number of amides is 1. The molecule has 1 aliphatic heterocycles. The van der Waals surface area contributed by atoms with Gasteiger partial charge in [0.1, 0.15) is 0 Å². The zero-order valence-corrected chi connectivity index (χ0v) is 12.7. The normalized spacial score (nSPS) is 20.4. The van der Waals surface area contributed by atoms with Gasteiger partial charge in [-0.1, -0.05) is 6.07 Å². The summed E-state index contributed by atoms with van der Waals surface area (Å²) in [4.78, 5) is 14.9. The Bertz CT molecular complexity index is 678. The Balaban J connectivity index is 1.53. The number of benzene rings is 1. The summed E-state index contributed by atoms with van der Waals surface area (Å²) in [5, 5.41) is 4.27. The zero-order valence-electron chi connectivity index (χ0n) is 12.7. The number of carbonyl (C=O) groups excluding carboxylic acids is 1. The van der Waals surface area contributed by atoms with E-state index in [0.29, 0.717) is 0 Å². The summed E-state index contributed by atoms with van der Waals surface area (Å²) >= 11 is 0. The highest BCUT2D eigenvalue weighted by atomic mass is 16.2. The first kappa shape index (κ1) is 13.6. The molecule has 0 bridgehead atoms. The third kappa shape index (κ3) is 2.43. The van der Waals surface area contributed by atoms with E-state index in [0.717, 1.165) is 44.3 Å². The maximum Gasteiger partial charge on any atom is 0.254 e. The lowest BCUT2D eigenvalue weighted by Crippen LogP contribution is -2.38. The van der Waals surface area contributed by atoms with Gasteiger partial charge in [-0.15, -0.1) is 0 Å². The predicted molar refractivity (Wildman–Crippen MR) is 84.8 cm³/mol. The monoisotopic (exact) mass is 295 g/mol. The van der Waals surface area contributed by atoms with Gasteiger partial charge in [0.15, 0.2) is 0 Å². The quantitative estimate of drug-likeness (QED) is 0.873. The van der Waals surface area contributed by atoms with Gasteiger partial charge in [0.2, 0.25) is 0 Å². The van der Waals surface area contributed by atoms with Gasteiger partial charge in [-0.05, 0) is 61.4 Å². The molecule has 0 radical (unpaired) electrons. The summed E-state index contributed by atoms with van der Waals surface area (Å²) in [5.74, 6) is 0.185. The van der Waals surface area contributed by atoms with E-state index in [-0.39, 0.29) is 11.9 Å². The van der Waals surface area contributed by atoms with E-state index in [9.17, 15) is 4.79 Å². The van der Waals surface area contributed by atoms with Crippen LogP contribution >= 0.6 is 0 Å². The molecule has 0 spiro atoms. The highest BCUT2D eigenvalue weighted by molar-refractivity contribution is 5.95. The molecule has 4 heteroatoms. The second-order valence-electron chi connectivity index (χ2n) is 6.36. The van der Waals surface area contributed by atoms with Gasteiger partial charge in [-0.2, -0.15) is 5.10 Å². The molecule has 0 N–H and O–H groups in total. The summed E-state index contributed by atoms with van der Waals surface area (Å²) in [6.07, 6.45) is 9.42. The van der Waals surface area contributed by atoms with Crippen LogP contribution < -0.4 is 0 Å². The van der Waals surface area contributed by atoms with Crippen molar-refractivity contribution in [3.63, 3.8) is 0 Å². The second-order valence-corrected chi connectivity index (χ2v) is 6.36. The lowest BCUT2D eigenvalue weighted by molar-refractivity contribution is 0.0721. The van der Waals surface area contributed by atoms with E-state index >= 15 is 0 Å². The van der Waals surface area contributed by atoms with E-state index in [1.54, 1.807) is 6.20 Å². The molecule has 2 aliphatic rings. The lowest BCUT2D eigenvalue weighted by Gasteiger charge is -2.25. The summed E-state index contributed by atoms with van der Waals surface area (Å²) in [6, 6.07) is 8.47. The number of fused-ring (bicyclic) bond motifs is 1. The van der Waals surface area contributed by atoms with Crippen LogP contribution in [0.2, 0.25) is 0 Å². The number of rotatable bonds is 3. The highest BCUT2D eigenvalue weighted by Crippen LogP contribution is 2.26. The Hall–Kier alpha value is -2.10. The van der Waals surface area contributed by atoms with Crippen LogP contribution in [-0.2, 0) is 19.4 Å². The van der Waals surface area contributed by atoms with Gasteiger partial charge in [0.05, 0.1) is 12.6 Å². The molecule has 114 valence electrons. The summed E-state index contributed by atoms with van der Waals surface area (Å²) in [5.41, 5.74) is 3.65. The average Bonchev–Trinajstić information content (AvgIpc) is 3.27. The molecule has 1 aromatic heterocycles. The Kier molecular flexibility index (Phi) is 3.45. The molecular weight excluding hydrogens is 274 g/mol. The Morgan fingerprint density at radius 1 is 1.23 bits per heavy atom. The number of likely N-dealkylation sites (tertiary alicyclic amines) is 1. The minimum atomic E-state index is 0.185. The lowest BCUT2D eigenvalue weighted by atomic mass is 10.1. The molecular formula is C18H21N3O. The fourth-order valence-corrected chi connectivity index (χ4v) is 3.79. The Labute approximate surface area is 130 Å². The third-order valence-electron chi connectivity index (χ3n) is 4.94. The molecule has 2 aromatic rings. The number of hydrogen-bond donors (Lipinski definition) is 0. The van der Waals surface area contributed by atoms with Crippen molar-refractivity contribution in [1.29, 1.82) is 0 Å². The van der Waals surface area contributed by atoms with E-state index in [1.807, 2.05) is 27.9 Å². The van der Waals surface area contributed by atoms with Crippen molar-refractivity contribution in [2.45, 2.75) is 44.7 Å². The number of aromatic nitrogens is 2. The molecule has 22 heavy (non-hydrogen) atoms. The topological polar surface area (TPSA) is 38.1 Å². The summed E-state index contributed by atoms with van der Waals surface area (Å²) in [7, 11) is 0. The zero-order chi connectivity index (χ0) is 14.9. The van der Waals surface area contributed by atoms with Crippen molar-refractivity contribution >= 4 is 5.91 Å². The fraction of sp³-hybridized carbons (Fsp3) is 0.444. The largest absolute Gasteiger partial charge is 0.334 e. The van der Waals surface area contributed by atoms with Crippen molar-refractivity contribution in [1.82, 2.24) is 14.7 Å². The average molecular weight is 295 g/mol. The fourth-order valence-electron chi connectivity index (χ4n) is 3.79. The van der Waals surface area contributed by atoms with Crippen LogP contribution in [0, 0.1) is 0 Å². The number of carbonyl (C=O) groups is 1. The van der Waals surface area contributed by atoms with Crippen molar-refractivity contribution in [3.05, 3.63) is 53.3 Å². The SMILES string of the molecule is O=C(c1ccc2c(c1)CCC2)N1CCC[C@H]1Cn1cccn1. The van der Waals surface area contributed by atoms with Crippen LogP contribution in [0.5, 0.6) is 0 Å². The molecule has 1 aromatic carbocycles. The van der Waals surface area contributed by atoms with Gasteiger partial charge >= 0.3 is 0 Å². The predicted octanol–water partition coefficient (Wildman–Crippen LogP) is 2.68. The van der Waals surface area contributed by atoms with Gasteiger partial charge < -0.3 is 4.90 Å². The Morgan fingerprint density at radius 2 is 2.14 bits per heavy atom. The molecule has 1 aliphatic carbocycles. The van der Waals surface area contributed by atoms with Crippen molar-refractivity contribution in [2.75, 3.05) is 6.54 Å². The summed E-state index contributed by atoms with van der Waals surface area (Å²) < 4.78 is 1.93.